The molecule has 0 bridgehead atoms. The number of ether oxygens (including phenoxy) is 1. The average Bonchev–Trinajstić information content (AvgIpc) is 3.01. The van der Waals surface area contributed by atoms with Gasteiger partial charge >= 0.3 is 0 Å². The van der Waals surface area contributed by atoms with Crippen LogP contribution in [0.15, 0.2) is 42.5 Å². The van der Waals surface area contributed by atoms with Gasteiger partial charge in [-0.2, -0.15) is 0 Å². The fourth-order valence-corrected chi connectivity index (χ4v) is 3.96. The van der Waals surface area contributed by atoms with Gasteiger partial charge in [-0.25, -0.2) is 0 Å². The number of hydrogen-bond donors (Lipinski definition) is 0. The van der Waals surface area contributed by atoms with Gasteiger partial charge in [0.2, 0.25) is 0 Å². The Morgan fingerprint density at radius 1 is 0.871 bits per heavy atom. The smallest absolute Gasteiger partial charge is 0.263 e. The molecule has 5 nitrogen and oxygen atoms in total. The molecule has 2 amide bonds. The molecule has 0 N–H and O–H groups in total. The number of carbonyl (C=O) groups excluding carboxylic acids is 2. The monoisotopic (exact) mass is 422 g/mol. The van der Waals surface area contributed by atoms with Gasteiger partial charge < -0.3 is 14.5 Å². The van der Waals surface area contributed by atoms with Crippen molar-refractivity contribution in [2.45, 2.75) is 53.1 Å². The Balaban J connectivity index is 1.63. The third-order valence-electron chi connectivity index (χ3n) is 6.04. The van der Waals surface area contributed by atoms with Crippen LogP contribution >= 0.6 is 0 Å². The number of rotatable bonds is 5. The maximum atomic E-state index is 13.1. The fourth-order valence-electron chi connectivity index (χ4n) is 3.96. The minimum absolute atomic E-state index is 0.0287. The summed E-state index contributed by atoms with van der Waals surface area (Å²) in [6.45, 7) is 12.4. The minimum Gasteiger partial charge on any atom is -0.481 e. The molecule has 1 aliphatic rings. The Morgan fingerprint density at radius 2 is 1.55 bits per heavy atom. The van der Waals surface area contributed by atoms with Crippen molar-refractivity contribution in [3.8, 4) is 5.75 Å². The molecule has 2 aromatic carbocycles. The molecule has 1 saturated heterocycles. The van der Waals surface area contributed by atoms with Crippen molar-refractivity contribution in [1.82, 2.24) is 9.80 Å². The highest BCUT2D eigenvalue weighted by molar-refractivity contribution is 5.94. The van der Waals surface area contributed by atoms with Crippen molar-refractivity contribution in [2.75, 3.05) is 26.2 Å². The Hall–Kier alpha value is -2.82. The molecule has 0 saturated carbocycles. The third kappa shape index (κ3) is 5.46. The molecule has 0 spiro atoms. The van der Waals surface area contributed by atoms with Crippen LogP contribution in [0.2, 0.25) is 0 Å². The first-order valence-corrected chi connectivity index (χ1v) is 11.2. The molecular formula is C26H34N2O3. The SMILES string of the molecule is Cc1ccc(C(=O)N2CCCN(C(=O)C(C)Oc3ccccc3C(C)C)CC2)cc1C. The summed E-state index contributed by atoms with van der Waals surface area (Å²) in [5.74, 6) is 1.09. The Morgan fingerprint density at radius 3 is 2.26 bits per heavy atom. The zero-order chi connectivity index (χ0) is 22.5. The second-order valence-electron chi connectivity index (χ2n) is 8.72. The van der Waals surface area contributed by atoms with Gasteiger partial charge in [0, 0.05) is 31.7 Å². The lowest BCUT2D eigenvalue weighted by Gasteiger charge is -2.26. The molecule has 0 aliphatic carbocycles. The van der Waals surface area contributed by atoms with Crippen LogP contribution in [0.3, 0.4) is 0 Å². The molecule has 31 heavy (non-hydrogen) atoms. The topological polar surface area (TPSA) is 49.9 Å². The predicted octanol–water partition coefficient (Wildman–Crippen LogP) is 4.57. The largest absolute Gasteiger partial charge is 0.481 e. The van der Waals surface area contributed by atoms with Crippen LogP contribution in [0.1, 0.15) is 60.2 Å². The molecule has 166 valence electrons. The van der Waals surface area contributed by atoms with E-state index >= 15 is 0 Å². The highest BCUT2D eigenvalue weighted by Crippen LogP contribution is 2.27. The summed E-state index contributed by atoms with van der Waals surface area (Å²) in [7, 11) is 0. The van der Waals surface area contributed by atoms with Gasteiger partial charge in [0.25, 0.3) is 11.8 Å². The molecule has 1 unspecified atom stereocenters. The normalized spacial score (nSPS) is 15.5. The highest BCUT2D eigenvalue weighted by atomic mass is 16.5. The molecule has 0 radical (unpaired) electrons. The van der Waals surface area contributed by atoms with Gasteiger partial charge in [0.1, 0.15) is 5.75 Å². The van der Waals surface area contributed by atoms with Crippen molar-refractivity contribution in [3.63, 3.8) is 0 Å². The number of carbonyl (C=O) groups is 2. The zero-order valence-corrected chi connectivity index (χ0v) is 19.4. The second kappa shape index (κ2) is 9.99. The first-order valence-electron chi connectivity index (χ1n) is 11.2. The molecule has 3 rings (SSSR count). The van der Waals surface area contributed by atoms with Crippen LogP contribution in [0, 0.1) is 13.8 Å². The molecule has 1 fully saturated rings. The number of aryl methyl sites for hydroxylation is 2. The number of nitrogens with zero attached hydrogens (tertiary/aromatic N) is 2. The van der Waals surface area contributed by atoms with E-state index in [9.17, 15) is 9.59 Å². The van der Waals surface area contributed by atoms with Crippen LogP contribution in [-0.4, -0.2) is 53.9 Å². The van der Waals surface area contributed by atoms with E-state index in [-0.39, 0.29) is 11.8 Å². The van der Waals surface area contributed by atoms with E-state index < -0.39 is 6.10 Å². The van der Waals surface area contributed by atoms with Crippen molar-refractivity contribution in [1.29, 1.82) is 0 Å². The Kier molecular flexibility index (Phi) is 7.37. The van der Waals surface area contributed by atoms with Gasteiger partial charge in [0.15, 0.2) is 6.10 Å². The van der Waals surface area contributed by atoms with Gasteiger partial charge in [0.05, 0.1) is 0 Å². The summed E-state index contributed by atoms with van der Waals surface area (Å²) in [5.41, 5.74) is 4.11. The first-order chi connectivity index (χ1) is 14.8. The molecule has 5 heteroatoms. The quantitative estimate of drug-likeness (QED) is 0.709. The zero-order valence-electron chi connectivity index (χ0n) is 19.4. The molecule has 1 aliphatic heterocycles. The number of amides is 2. The van der Waals surface area contributed by atoms with Crippen LogP contribution in [0.25, 0.3) is 0 Å². The first kappa shape index (κ1) is 22.9. The summed E-state index contributed by atoms with van der Waals surface area (Å²) in [6.07, 6.45) is 0.194. The van der Waals surface area contributed by atoms with Gasteiger partial charge in [-0.3, -0.25) is 9.59 Å². The van der Waals surface area contributed by atoms with Crippen molar-refractivity contribution >= 4 is 11.8 Å². The fraction of sp³-hybridized carbons (Fsp3) is 0.462. The summed E-state index contributed by atoms with van der Waals surface area (Å²) in [6, 6.07) is 13.7. The van der Waals surface area contributed by atoms with E-state index in [1.165, 1.54) is 5.56 Å². The summed E-state index contributed by atoms with van der Waals surface area (Å²) < 4.78 is 6.06. The number of para-hydroxylation sites is 1. The maximum Gasteiger partial charge on any atom is 0.263 e. The van der Waals surface area contributed by atoms with E-state index in [1.54, 1.807) is 0 Å². The standard InChI is InChI=1S/C26H34N2O3/c1-18(2)23-9-6-7-10-24(23)31-21(5)25(29)27-13-8-14-28(16-15-27)26(30)22-12-11-19(3)20(4)17-22/h6-7,9-12,17-18,21H,8,13-16H2,1-5H3. The van der Waals surface area contributed by atoms with Gasteiger partial charge in [-0.1, -0.05) is 38.1 Å². The lowest BCUT2D eigenvalue weighted by atomic mass is 10.0. The summed E-state index contributed by atoms with van der Waals surface area (Å²) in [5, 5.41) is 0. The molecule has 1 heterocycles. The summed E-state index contributed by atoms with van der Waals surface area (Å²) >= 11 is 0. The average molecular weight is 423 g/mol. The molecule has 0 aromatic heterocycles. The maximum absolute atomic E-state index is 13.1. The van der Waals surface area contributed by atoms with E-state index in [2.05, 4.69) is 13.8 Å². The van der Waals surface area contributed by atoms with E-state index in [1.807, 2.05) is 73.0 Å². The van der Waals surface area contributed by atoms with Crippen molar-refractivity contribution in [3.05, 3.63) is 64.7 Å². The summed E-state index contributed by atoms with van der Waals surface area (Å²) in [4.78, 5) is 29.7. The molecule has 1 atom stereocenters. The van der Waals surface area contributed by atoms with Crippen LogP contribution in [0.5, 0.6) is 5.75 Å². The minimum atomic E-state index is -0.568. The molecular weight excluding hydrogens is 388 g/mol. The van der Waals surface area contributed by atoms with E-state index in [0.717, 1.165) is 23.3 Å². The van der Waals surface area contributed by atoms with E-state index in [0.29, 0.717) is 37.7 Å². The van der Waals surface area contributed by atoms with Crippen molar-refractivity contribution < 1.29 is 14.3 Å². The Bertz CT molecular complexity index is 938. The van der Waals surface area contributed by atoms with Crippen LogP contribution < -0.4 is 4.74 Å². The number of benzene rings is 2. The van der Waals surface area contributed by atoms with Gasteiger partial charge in [-0.15, -0.1) is 0 Å². The molecule has 2 aromatic rings. The lowest BCUT2D eigenvalue weighted by Crippen LogP contribution is -2.43. The highest BCUT2D eigenvalue weighted by Gasteiger charge is 2.27. The van der Waals surface area contributed by atoms with Crippen molar-refractivity contribution in [2.24, 2.45) is 0 Å². The Labute approximate surface area is 186 Å². The predicted molar refractivity (Wildman–Crippen MR) is 124 cm³/mol. The lowest BCUT2D eigenvalue weighted by molar-refractivity contribution is -0.137. The van der Waals surface area contributed by atoms with Crippen LogP contribution in [-0.2, 0) is 4.79 Å². The second-order valence-corrected chi connectivity index (χ2v) is 8.72. The third-order valence-corrected chi connectivity index (χ3v) is 6.04. The van der Waals surface area contributed by atoms with E-state index in [4.69, 9.17) is 4.74 Å². The van der Waals surface area contributed by atoms with Crippen LogP contribution in [0.4, 0.5) is 0 Å². The number of hydrogen-bond acceptors (Lipinski definition) is 3. The van der Waals surface area contributed by atoms with Gasteiger partial charge in [-0.05, 0) is 68.0 Å².